The van der Waals surface area contributed by atoms with Crippen LogP contribution in [-0.4, -0.2) is 48.2 Å². The Bertz CT molecular complexity index is 619. The molecule has 0 bridgehead atoms. The van der Waals surface area contributed by atoms with Crippen molar-refractivity contribution < 1.29 is 28.6 Å². The molecule has 0 aromatic heterocycles. The van der Waals surface area contributed by atoms with E-state index in [9.17, 15) is 18.8 Å². The van der Waals surface area contributed by atoms with E-state index in [2.05, 4.69) is 10.1 Å². The molecular weight excluding hydrogens is 295 g/mol. The Hall–Kier alpha value is -2.64. The number of carbonyl (C=O) groups excluding carboxylic acids is 2. The van der Waals surface area contributed by atoms with Crippen molar-refractivity contribution in [1.29, 1.82) is 0 Å². The van der Waals surface area contributed by atoms with Gasteiger partial charge in [0.25, 0.3) is 0 Å². The molecule has 0 radical (unpaired) electrons. The van der Waals surface area contributed by atoms with E-state index in [0.717, 1.165) is 6.07 Å². The summed E-state index contributed by atoms with van der Waals surface area (Å²) in [4.78, 5) is 35.4. The number of nitrogens with zero attached hydrogens (tertiary/aromatic N) is 1. The SMILES string of the molecule is COC(=O)c1ccc(NC(=O)N2CCC(C(=O)O)C2)c(F)c1. The minimum absolute atomic E-state index is 0.0325. The molecule has 2 rings (SSSR count). The van der Waals surface area contributed by atoms with Crippen LogP contribution in [0.5, 0.6) is 0 Å². The quantitative estimate of drug-likeness (QED) is 0.826. The van der Waals surface area contributed by atoms with Crippen LogP contribution in [0.4, 0.5) is 14.9 Å². The smallest absolute Gasteiger partial charge is 0.337 e. The monoisotopic (exact) mass is 310 g/mol. The summed E-state index contributed by atoms with van der Waals surface area (Å²) < 4.78 is 18.3. The number of benzene rings is 1. The first-order chi connectivity index (χ1) is 10.4. The summed E-state index contributed by atoms with van der Waals surface area (Å²) in [6, 6.07) is 2.97. The highest BCUT2D eigenvalue weighted by molar-refractivity contribution is 5.92. The van der Waals surface area contributed by atoms with Crippen LogP contribution in [0.2, 0.25) is 0 Å². The van der Waals surface area contributed by atoms with Crippen molar-refractivity contribution in [3.63, 3.8) is 0 Å². The van der Waals surface area contributed by atoms with Crippen LogP contribution in [-0.2, 0) is 9.53 Å². The molecule has 0 spiro atoms. The van der Waals surface area contributed by atoms with Crippen LogP contribution in [0.15, 0.2) is 18.2 Å². The Morgan fingerprint density at radius 2 is 2.14 bits per heavy atom. The van der Waals surface area contributed by atoms with Gasteiger partial charge in [-0.2, -0.15) is 0 Å². The molecule has 22 heavy (non-hydrogen) atoms. The van der Waals surface area contributed by atoms with Crippen molar-refractivity contribution in [2.45, 2.75) is 6.42 Å². The third-order valence-electron chi connectivity index (χ3n) is 3.46. The number of amides is 2. The van der Waals surface area contributed by atoms with Crippen LogP contribution in [0.3, 0.4) is 0 Å². The lowest BCUT2D eigenvalue weighted by Crippen LogP contribution is -2.34. The van der Waals surface area contributed by atoms with Crippen molar-refractivity contribution in [2.75, 3.05) is 25.5 Å². The molecule has 1 saturated heterocycles. The van der Waals surface area contributed by atoms with Gasteiger partial charge in [0.1, 0.15) is 5.82 Å². The molecule has 7 nitrogen and oxygen atoms in total. The molecule has 1 heterocycles. The number of nitrogens with one attached hydrogen (secondary N) is 1. The standard InChI is InChI=1S/C14H15FN2O5/c1-22-13(20)8-2-3-11(10(15)6-8)16-14(21)17-5-4-9(7-17)12(18)19/h2-3,6,9H,4-5,7H2,1H3,(H,16,21)(H,18,19). The predicted molar refractivity (Wildman–Crippen MR) is 74.1 cm³/mol. The van der Waals surface area contributed by atoms with Gasteiger partial charge >= 0.3 is 18.0 Å². The molecule has 8 heteroatoms. The number of hydrogen-bond donors (Lipinski definition) is 2. The Morgan fingerprint density at radius 3 is 2.68 bits per heavy atom. The lowest BCUT2D eigenvalue weighted by Gasteiger charge is -2.17. The lowest BCUT2D eigenvalue weighted by atomic mass is 10.1. The molecule has 2 amide bonds. The minimum atomic E-state index is -0.955. The number of rotatable bonds is 3. The number of carbonyl (C=O) groups is 3. The van der Waals surface area contributed by atoms with Crippen LogP contribution in [0, 0.1) is 11.7 Å². The van der Waals surface area contributed by atoms with Gasteiger partial charge in [-0.25, -0.2) is 14.0 Å². The molecule has 1 aliphatic heterocycles. The molecule has 1 fully saturated rings. The van der Waals surface area contributed by atoms with Gasteiger partial charge in [-0.1, -0.05) is 0 Å². The number of halogens is 1. The molecule has 0 aliphatic carbocycles. The zero-order valence-electron chi connectivity index (χ0n) is 11.8. The average Bonchev–Trinajstić information content (AvgIpc) is 2.98. The summed E-state index contributed by atoms with van der Waals surface area (Å²) in [6.07, 6.45) is 0.368. The average molecular weight is 310 g/mol. The molecule has 1 aromatic rings. The number of urea groups is 1. The van der Waals surface area contributed by atoms with Crippen molar-refractivity contribution >= 4 is 23.7 Å². The summed E-state index contributed by atoms with van der Waals surface area (Å²) in [5, 5.41) is 11.3. The van der Waals surface area contributed by atoms with Gasteiger partial charge in [-0.15, -0.1) is 0 Å². The largest absolute Gasteiger partial charge is 0.481 e. The lowest BCUT2D eigenvalue weighted by molar-refractivity contribution is -0.141. The maximum Gasteiger partial charge on any atom is 0.337 e. The fourth-order valence-electron chi connectivity index (χ4n) is 2.20. The number of likely N-dealkylation sites (tertiary alicyclic amines) is 1. The van der Waals surface area contributed by atoms with Crippen LogP contribution in [0.1, 0.15) is 16.8 Å². The van der Waals surface area contributed by atoms with E-state index in [4.69, 9.17) is 5.11 Å². The Morgan fingerprint density at radius 1 is 1.41 bits per heavy atom. The predicted octanol–water partition coefficient (Wildman–Crippen LogP) is 1.55. The summed E-state index contributed by atoms with van der Waals surface area (Å²) in [5.74, 6) is -3.01. The molecule has 2 N–H and O–H groups in total. The van der Waals surface area contributed by atoms with E-state index in [-0.39, 0.29) is 17.8 Å². The molecular formula is C14H15FN2O5. The van der Waals surface area contributed by atoms with Gasteiger partial charge in [-0.3, -0.25) is 4.79 Å². The van der Waals surface area contributed by atoms with Crippen molar-refractivity contribution in [1.82, 2.24) is 4.90 Å². The van der Waals surface area contributed by atoms with E-state index in [1.165, 1.54) is 24.1 Å². The van der Waals surface area contributed by atoms with Gasteiger partial charge in [0.2, 0.25) is 0 Å². The van der Waals surface area contributed by atoms with Gasteiger partial charge in [0.05, 0.1) is 24.3 Å². The number of carboxylic acid groups (broad SMARTS) is 1. The van der Waals surface area contributed by atoms with E-state index in [0.29, 0.717) is 13.0 Å². The van der Waals surface area contributed by atoms with Crippen LogP contribution in [0.25, 0.3) is 0 Å². The van der Waals surface area contributed by atoms with Crippen molar-refractivity contribution in [3.8, 4) is 0 Å². The zero-order valence-corrected chi connectivity index (χ0v) is 11.8. The van der Waals surface area contributed by atoms with Gasteiger partial charge in [-0.05, 0) is 24.6 Å². The van der Waals surface area contributed by atoms with E-state index >= 15 is 0 Å². The number of hydrogen-bond acceptors (Lipinski definition) is 4. The highest BCUT2D eigenvalue weighted by Gasteiger charge is 2.31. The summed E-state index contributed by atoms with van der Waals surface area (Å²) in [7, 11) is 1.18. The fourth-order valence-corrected chi connectivity index (χ4v) is 2.20. The maximum absolute atomic E-state index is 13.9. The highest BCUT2D eigenvalue weighted by atomic mass is 19.1. The fraction of sp³-hybridized carbons (Fsp3) is 0.357. The Balaban J connectivity index is 2.03. The van der Waals surface area contributed by atoms with E-state index in [1.807, 2.05) is 0 Å². The number of aliphatic carboxylic acids is 1. The van der Waals surface area contributed by atoms with Gasteiger partial charge in [0.15, 0.2) is 0 Å². The Labute approximate surface area is 125 Å². The molecule has 1 aliphatic rings. The zero-order chi connectivity index (χ0) is 16.3. The third kappa shape index (κ3) is 3.33. The molecule has 1 atom stereocenters. The first-order valence-corrected chi connectivity index (χ1v) is 6.59. The van der Waals surface area contributed by atoms with Gasteiger partial charge < -0.3 is 20.1 Å². The minimum Gasteiger partial charge on any atom is -0.481 e. The van der Waals surface area contributed by atoms with Crippen molar-refractivity contribution in [2.24, 2.45) is 5.92 Å². The van der Waals surface area contributed by atoms with Crippen LogP contribution < -0.4 is 5.32 Å². The number of methoxy groups -OCH3 is 1. The Kier molecular flexibility index (Phi) is 4.59. The summed E-state index contributed by atoms with van der Waals surface area (Å²) >= 11 is 0. The normalized spacial score (nSPS) is 17.2. The number of esters is 1. The second-order valence-corrected chi connectivity index (χ2v) is 4.89. The number of carboxylic acids is 1. The molecule has 1 aromatic carbocycles. The highest BCUT2D eigenvalue weighted by Crippen LogP contribution is 2.20. The molecule has 0 saturated carbocycles. The van der Waals surface area contributed by atoms with E-state index < -0.39 is 29.7 Å². The maximum atomic E-state index is 13.9. The van der Waals surface area contributed by atoms with Gasteiger partial charge in [0, 0.05) is 13.1 Å². The van der Waals surface area contributed by atoms with Crippen molar-refractivity contribution in [3.05, 3.63) is 29.6 Å². The molecule has 1 unspecified atom stereocenters. The summed E-state index contributed by atoms with van der Waals surface area (Å²) in [5.41, 5.74) is -0.0541. The van der Waals surface area contributed by atoms with Crippen LogP contribution >= 0.6 is 0 Å². The topological polar surface area (TPSA) is 95.9 Å². The number of ether oxygens (including phenoxy) is 1. The number of anilines is 1. The summed E-state index contributed by atoms with van der Waals surface area (Å²) in [6.45, 7) is 0.383. The third-order valence-corrected chi connectivity index (χ3v) is 3.46. The van der Waals surface area contributed by atoms with E-state index in [1.54, 1.807) is 0 Å². The second-order valence-electron chi connectivity index (χ2n) is 4.89. The second kappa shape index (κ2) is 6.42. The molecule has 118 valence electrons. The first kappa shape index (κ1) is 15.7. The first-order valence-electron chi connectivity index (χ1n) is 6.59.